The molecule has 0 radical (unpaired) electrons. The summed E-state index contributed by atoms with van der Waals surface area (Å²) in [4.78, 5) is 19.4. The Hall–Kier alpha value is -2.89. The second-order valence-corrected chi connectivity index (χ2v) is 4.55. The standard InChI is InChI=1S/C15H13N3O3/c1-21-13-7-10(15(19)20)4-5-11(13)8-18-9-17-14-12(18)3-2-6-16-14/h2-7,9H,8H2,1H3,(H,19,20). The number of nitrogens with zero attached hydrogens (tertiary/aromatic N) is 3. The lowest BCUT2D eigenvalue weighted by Crippen LogP contribution is -2.03. The molecule has 6 heteroatoms. The number of rotatable bonds is 4. The van der Waals surface area contributed by atoms with Crippen LogP contribution in [0.25, 0.3) is 11.2 Å². The lowest BCUT2D eigenvalue weighted by molar-refractivity contribution is 0.0696. The van der Waals surface area contributed by atoms with Crippen molar-refractivity contribution < 1.29 is 14.6 Å². The van der Waals surface area contributed by atoms with Gasteiger partial charge in [-0.1, -0.05) is 6.07 Å². The van der Waals surface area contributed by atoms with Gasteiger partial charge in [0, 0.05) is 11.8 Å². The maximum Gasteiger partial charge on any atom is 0.335 e. The van der Waals surface area contributed by atoms with E-state index in [9.17, 15) is 4.79 Å². The lowest BCUT2D eigenvalue weighted by atomic mass is 10.1. The van der Waals surface area contributed by atoms with Gasteiger partial charge in [0.15, 0.2) is 5.65 Å². The largest absolute Gasteiger partial charge is 0.496 e. The summed E-state index contributed by atoms with van der Waals surface area (Å²) in [5.74, 6) is -0.433. The number of methoxy groups -OCH3 is 1. The van der Waals surface area contributed by atoms with Crippen LogP contribution in [0.5, 0.6) is 5.75 Å². The van der Waals surface area contributed by atoms with E-state index in [-0.39, 0.29) is 5.56 Å². The third kappa shape index (κ3) is 2.43. The Morgan fingerprint density at radius 1 is 1.33 bits per heavy atom. The van der Waals surface area contributed by atoms with Crippen molar-refractivity contribution in [2.24, 2.45) is 0 Å². The first-order valence-electron chi connectivity index (χ1n) is 6.35. The summed E-state index contributed by atoms with van der Waals surface area (Å²) in [7, 11) is 1.53. The number of carbonyl (C=O) groups is 1. The molecule has 6 nitrogen and oxygen atoms in total. The average molecular weight is 283 g/mol. The Labute approximate surface area is 120 Å². The highest BCUT2D eigenvalue weighted by Gasteiger charge is 2.11. The molecule has 0 aliphatic carbocycles. The molecule has 1 aromatic carbocycles. The molecule has 1 N–H and O–H groups in total. The average Bonchev–Trinajstić information content (AvgIpc) is 2.91. The van der Waals surface area contributed by atoms with Crippen molar-refractivity contribution in [1.29, 1.82) is 0 Å². The summed E-state index contributed by atoms with van der Waals surface area (Å²) in [6.45, 7) is 0.533. The van der Waals surface area contributed by atoms with E-state index in [2.05, 4.69) is 9.97 Å². The molecule has 0 bridgehead atoms. The first kappa shape index (κ1) is 13.1. The van der Waals surface area contributed by atoms with Crippen LogP contribution in [0, 0.1) is 0 Å². The molecule has 0 saturated heterocycles. The van der Waals surface area contributed by atoms with E-state index in [0.29, 0.717) is 17.9 Å². The molecule has 0 spiro atoms. The van der Waals surface area contributed by atoms with Gasteiger partial charge in [0.1, 0.15) is 5.75 Å². The molecule has 0 unspecified atom stereocenters. The first-order chi connectivity index (χ1) is 10.2. The van der Waals surface area contributed by atoms with E-state index in [4.69, 9.17) is 9.84 Å². The number of aromatic nitrogens is 3. The molecule has 0 atom stereocenters. The van der Waals surface area contributed by atoms with Gasteiger partial charge >= 0.3 is 5.97 Å². The molecule has 106 valence electrons. The van der Waals surface area contributed by atoms with E-state index < -0.39 is 5.97 Å². The van der Waals surface area contributed by atoms with Crippen LogP contribution in [0.3, 0.4) is 0 Å². The van der Waals surface area contributed by atoms with E-state index in [1.807, 2.05) is 16.7 Å². The van der Waals surface area contributed by atoms with E-state index in [0.717, 1.165) is 11.1 Å². The summed E-state index contributed by atoms with van der Waals surface area (Å²) in [6.07, 6.45) is 3.41. The Morgan fingerprint density at radius 3 is 2.95 bits per heavy atom. The number of pyridine rings is 1. The van der Waals surface area contributed by atoms with Crippen LogP contribution in [0.2, 0.25) is 0 Å². The van der Waals surface area contributed by atoms with Gasteiger partial charge in [-0.15, -0.1) is 0 Å². The van der Waals surface area contributed by atoms with Crippen molar-refractivity contribution >= 4 is 17.1 Å². The van der Waals surface area contributed by atoms with Crippen LogP contribution in [0.15, 0.2) is 42.9 Å². The van der Waals surface area contributed by atoms with Crippen molar-refractivity contribution in [3.63, 3.8) is 0 Å². The second kappa shape index (κ2) is 5.24. The van der Waals surface area contributed by atoms with Crippen molar-refractivity contribution in [2.75, 3.05) is 7.11 Å². The molecule has 2 heterocycles. The fourth-order valence-electron chi connectivity index (χ4n) is 2.22. The molecular formula is C15H13N3O3. The predicted molar refractivity (Wildman–Crippen MR) is 76.6 cm³/mol. The van der Waals surface area contributed by atoms with E-state index in [1.165, 1.54) is 13.2 Å². The van der Waals surface area contributed by atoms with Crippen LogP contribution < -0.4 is 4.74 Å². The Bertz CT molecular complexity index is 811. The molecule has 0 fully saturated rings. The Balaban J connectivity index is 1.99. The Kier molecular flexibility index (Phi) is 3.27. The number of benzene rings is 1. The van der Waals surface area contributed by atoms with Crippen molar-refractivity contribution in [2.45, 2.75) is 6.54 Å². The van der Waals surface area contributed by atoms with Crippen LogP contribution in [0.1, 0.15) is 15.9 Å². The van der Waals surface area contributed by atoms with Crippen molar-refractivity contribution in [3.05, 3.63) is 54.0 Å². The van der Waals surface area contributed by atoms with Crippen molar-refractivity contribution in [3.8, 4) is 5.75 Å². The lowest BCUT2D eigenvalue weighted by Gasteiger charge is -2.10. The highest BCUT2D eigenvalue weighted by molar-refractivity contribution is 5.88. The zero-order valence-electron chi connectivity index (χ0n) is 11.4. The number of hydrogen-bond donors (Lipinski definition) is 1. The zero-order valence-corrected chi connectivity index (χ0v) is 11.4. The van der Waals surface area contributed by atoms with Gasteiger partial charge in [-0.3, -0.25) is 0 Å². The van der Waals surface area contributed by atoms with E-state index >= 15 is 0 Å². The van der Waals surface area contributed by atoms with Gasteiger partial charge in [0.25, 0.3) is 0 Å². The SMILES string of the molecule is COc1cc(C(=O)O)ccc1Cn1cnc2ncccc21. The molecule has 0 aliphatic rings. The molecule has 0 aliphatic heterocycles. The Morgan fingerprint density at radius 2 is 2.19 bits per heavy atom. The smallest absolute Gasteiger partial charge is 0.335 e. The van der Waals surface area contributed by atoms with Crippen LogP contribution in [0.4, 0.5) is 0 Å². The topological polar surface area (TPSA) is 77.2 Å². The van der Waals surface area contributed by atoms with Gasteiger partial charge in [-0.2, -0.15) is 0 Å². The zero-order chi connectivity index (χ0) is 14.8. The fourth-order valence-corrected chi connectivity index (χ4v) is 2.22. The van der Waals surface area contributed by atoms with E-state index in [1.54, 1.807) is 24.7 Å². The quantitative estimate of drug-likeness (QED) is 0.794. The third-order valence-electron chi connectivity index (χ3n) is 3.27. The number of aromatic carboxylic acids is 1. The maximum absolute atomic E-state index is 11.0. The number of fused-ring (bicyclic) bond motifs is 1. The van der Waals surface area contributed by atoms with Gasteiger partial charge in [0.05, 0.1) is 31.1 Å². The summed E-state index contributed by atoms with van der Waals surface area (Å²) in [5, 5.41) is 9.01. The van der Waals surface area contributed by atoms with Crippen LogP contribution in [-0.4, -0.2) is 32.7 Å². The number of carboxylic acid groups (broad SMARTS) is 1. The molecular weight excluding hydrogens is 270 g/mol. The third-order valence-corrected chi connectivity index (χ3v) is 3.27. The minimum absolute atomic E-state index is 0.202. The van der Waals surface area contributed by atoms with Crippen LogP contribution >= 0.6 is 0 Å². The summed E-state index contributed by atoms with van der Waals surface area (Å²) < 4.78 is 7.23. The highest BCUT2D eigenvalue weighted by Crippen LogP contribution is 2.22. The van der Waals surface area contributed by atoms with Gasteiger partial charge in [-0.25, -0.2) is 14.8 Å². The van der Waals surface area contributed by atoms with Gasteiger partial charge in [-0.05, 0) is 24.3 Å². The molecule has 3 rings (SSSR count). The fraction of sp³-hybridized carbons (Fsp3) is 0.133. The normalized spacial score (nSPS) is 10.7. The molecule has 3 aromatic rings. The number of hydrogen-bond acceptors (Lipinski definition) is 4. The first-order valence-corrected chi connectivity index (χ1v) is 6.35. The minimum Gasteiger partial charge on any atom is -0.496 e. The predicted octanol–water partition coefficient (Wildman–Crippen LogP) is 2.19. The van der Waals surface area contributed by atoms with Gasteiger partial charge in [0.2, 0.25) is 0 Å². The molecule has 21 heavy (non-hydrogen) atoms. The number of ether oxygens (including phenoxy) is 1. The number of imidazole rings is 1. The number of carboxylic acids is 1. The van der Waals surface area contributed by atoms with Gasteiger partial charge < -0.3 is 14.4 Å². The molecule has 2 aromatic heterocycles. The second-order valence-electron chi connectivity index (χ2n) is 4.55. The summed E-state index contributed by atoms with van der Waals surface area (Å²) in [5.41, 5.74) is 2.68. The monoisotopic (exact) mass is 283 g/mol. The summed E-state index contributed by atoms with van der Waals surface area (Å²) in [6, 6.07) is 8.63. The highest BCUT2D eigenvalue weighted by atomic mass is 16.5. The maximum atomic E-state index is 11.0. The molecule has 0 saturated carbocycles. The minimum atomic E-state index is -0.975. The molecule has 0 amide bonds. The summed E-state index contributed by atoms with van der Waals surface area (Å²) >= 11 is 0. The van der Waals surface area contributed by atoms with Crippen LogP contribution in [-0.2, 0) is 6.54 Å². The van der Waals surface area contributed by atoms with Crippen molar-refractivity contribution in [1.82, 2.24) is 14.5 Å².